The first-order valence-corrected chi connectivity index (χ1v) is 7.34. The summed E-state index contributed by atoms with van der Waals surface area (Å²) in [5.74, 6) is -1.14. The molecule has 0 amide bonds. The van der Waals surface area contributed by atoms with Crippen LogP contribution in [0.25, 0.3) is 0 Å². The van der Waals surface area contributed by atoms with E-state index < -0.39 is 12.1 Å². The van der Waals surface area contributed by atoms with Crippen LogP contribution < -0.4 is 5.73 Å². The Bertz CT molecular complexity index is 270. The molecule has 1 aliphatic carbocycles. The molecule has 0 aromatic heterocycles. The minimum atomic E-state index is -4.05. The van der Waals surface area contributed by atoms with E-state index in [1.54, 1.807) is 0 Å². The molecule has 1 aliphatic rings. The zero-order chi connectivity index (χ0) is 14.7. The number of halogens is 3. The van der Waals surface area contributed by atoms with Gasteiger partial charge >= 0.3 is 6.18 Å². The van der Waals surface area contributed by atoms with Crippen LogP contribution in [0.4, 0.5) is 13.2 Å². The minimum absolute atomic E-state index is 0.216. The highest BCUT2D eigenvalue weighted by atomic mass is 19.4. The van der Waals surface area contributed by atoms with Gasteiger partial charge in [0.1, 0.15) is 0 Å². The maximum absolute atomic E-state index is 12.8. The van der Waals surface area contributed by atoms with E-state index >= 15 is 0 Å². The first kappa shape index (κ1) is 16.8. The fourth-order valence-corrected chi connectivity index (χ4v) is 3.43. The van der Waals surface area contributed by atoms with Gasteiger partial charge < -0.3 is 5.73 Å². The van der Waals surface area contributed by atoms with E-state index in [1.165, 1.54) is 0 Å². The molecule has 1 fully saturated rings. The van der Waals surface area contributed by atoms with Crippen LogP contribution in [0.1, 0.15) is 52.9 Å². The zero-order valence-corrected chi connectivity index (χ0v) is 12.3. The lowest BCUT2D eigenvalue weighted by molar-refractivity contribution is -0.189. The molecule has 0 aromatic carbocycles. The average Bonchev–Trinajstić information content (AvgIpc) is 2.38. The van der Waals surface area contributed by atoms with Crippen LogP contribution in [0.5, 0.6) is 0 Å². The van der Waals surface area contributed by atoms with Crippen molar-refractivity contribution in [2.75, 3.05) is 13.1 Å². The molecule has 1 atom stereocenters. The number of nitrogens with zero attached hydrogens (tertiary/aromatic N) is 1. The van der Waals surface area contributed by atoms with Gasteiger partial charge in [-0.15, -0.1) is 0 Å². The van der Waals surface area contributed by atoms with Crippen molar-refractivity contribution in [1.82, 2.24) is 4.90 Å². The summed E-state index contributed by atoms with van der Waals surface area (Å²) in [5, 5.41) is 0. The van der Waals surface area contributed by atoms with Gasteiger partial charge in [0.15, 0.2) is 0 Å². The monoisotopic (exact) mass is 280 g/mol. The van der Waals surface area contributed by atoms with E-state index in [-0.39, 0.29) is 18.4 Å². The summed E-state index contributed by atoms with van der Waals surface area (Å²) in [6.07, 6.45) is -1.49. The minimum Gasteiger partial charge on any atom is -0.329 e. The summed E-state index contributed by atoms with van der Waals surface area (Å²) in [5.41, 5.74) is 5.71. The second-order valence-electron chi connectivity index (χ2n) is 5.79. The number of likely N-dealkylation sites (N-methyl/N-ethyl adjacent to an activating group) is 1. The number of rotatable bonds is 5. The molecular formula is C14H27F3N2. The van der Waals surface area contributed by atoms with Crippen LogP contribution in [0.2, 0.25) is 0 Å². The van der Waals surface area contributed by atoms with Gasteiger partial charge in [-0.1, -0.05) is 13.8 Å². The average molecular weight is 280 g/mol. The Labute approximate surface area is 114 Å². The molecule has 2 nitrogen and oxygen atoms in total. The largest absolute Gasteiger partial charge is 0.391 e. The number of hydrogen-bond donors (Lipinski definition) is 1. The normalized spacial score (nSPS) is 30.6. The van der Waals surface area contributed by atoms with Gasteiger partial charge in [0.05, 0.1) is 5.92 Å². The SMILES string of the molecule is CCC(C)N(CC)C1(CN)CCC(C(F)(F)F)CC1. The Morgan fingerprint density at radius 1 is 1.26 bits per heavy atom. The van der Waals surface area contributed by atoms with Crippen molar-refractivity contribution < 1.29 is 13.2 Å². The molecule has 1 unspecified atom stereocenters. The highest BCUT2D eigenvalue weighted by Crippen LogP contribution is 2.43. The van der Waals surface area contributed by atoms with Gasteiger partial charge in [0, 0.05) is 18.1 Å². The summed E-state index contributed by atoms with van der Waals surface area (Å²) < 4.78 is 38.3. The van der Waals surface area contributed by atoms with E-state index in [0.29, 0.717) is 25.4 Å². The fraction of sp³-hybridized carbons (Fsp3) is 1.00. The molecule has 114 valence electrons. The van der Waals surface area contributed by atoms with Gasteiger partial charge in [0.25, 0.3) is 0 Å². The van der Waals surface area contributed by atoms with Crippen LogP contribution in [0.15, 0.2) is 0 Å². The molecule has 0 heterocycles. The second-order valence-corrected chi connectivity index (χ2v) is 5.79. The maximum Gasteiger partial charge on any atom is 0.391 e. The topological polar surface area (TPSA) is 29.3 Å². The second kappa shape index (κ2) is 6.44. The molecule has 0 aliphatic heterocycles. The third-order valence-electron chi connectivity index (χ3n) is 4.83. The number of alkyl halides is 3. The number of nitrogens with two attached hydrogens (primary N) is 1. The molecule has 19 heavy (non-hydrogen) atoms. The Balaban J connectivity index is 2.79. The van der Waals surface area contributed by atoms with Crippen molar-refractivity contribution in [3.8, 4) is 0 Å². The third kappa shape index (κ3) is 3.63. The van der Waals surface area contributed by atoms with E-state index in [2.05, 4.69) is 25.7 Å². The summed E-state index contributed by atoms with van der Waals surface area (Å²) in [6.45, 7) is 7.62. The van der Waals surface area contributed by atoms with Crippen LogP contribution in [0, 0.1) is 5.92 Å². The first-order valence-electron chi connectivity index (χ1n) is 7.34. The molecule has 5 heteroatoms. The van der Waals surface area contributed by atoms with Gasteiger partial charge in [-0.25, -0.2) is 0 Å². The van der Waals surface area contributed by atoms with E-state index in [1.807, 2.05) is 0 Å². The molecule has 1 saturated carbocycles. The van der Waals surface area contributed by atoms with Crippen molar-refractivity contribution in [3.63, 3.8) is 0 Å². The zero-order valence-electron chi connectivity index (χ0n) is 12.3. The Morgan fingerprint density at radius 2 is 1.79 bits per heavy atom. The van der Waals surface area contributed by atoms with Crippen LogP contribution in [0.3, 0.4) is 0 Å². The molecule has 1 rings (SSSR count). The smallest absolute Gasteiger partial charge is 0.329 e. The Morgan fingerprint density at radius 3 is 2.11 bits per heavy atom. The molecule has 0 aromatic rings. The lowest BCUT2D eigenvalue weighted by Crippen LogP contribution is -2.59. The maximum atomic E-state index is 12.8. The predicted octanol–water partition coefficient (Wildman–Crippen LogP) is 3.56. The highest BCUT2D eigenvalue weighted by molar-refractivity contribution is 4.98. The summed E-state index contributed by atoms with van der Waals surface area (Å²) >= 11 is 0. The fourth-order valence-electron chi connectivity index (χ4n) is 3.43. The Hall–Kier alpha value is -0.290. The van der Waals surface area contributed by atoms with Crippen LogP contribution in [-0.2, 0) is 0 Å². The van der Waals surface area contributed by atoms with Gasteiger partial charge in [0.2, 0.25) is 0 Å². The quantitative estimate of drug-likeness (QED) is 0.834. The van der Waals surface area contributed by atoms with Crippen molar-refractivity contribution in [2.24, 2.45) is 11.7 Å². The standard InChI is InChI=1S/C14H27F3N2/c1-4-11(3)19(5-2)13(10-18)8-6-12(7-9-13)14(15,16)17/h11-12H,4-10,18H2,1-3H3. The van der Waals surface area contributed by atoms with Crippen molar-refractivity contribution >= 4 is 0 Å². The highest BCUT2D eigenvalue weighted by Gasteiger charge is 2.47. The summed E-state index contributed by atoms with van der Waals surface area (Å²) in [7, 11) is 0. The molecule has 2 N–H and O–H groups in total. The molecule has 0 bridgehead atoms. The predicted molar refractivity (Wildman–Crippen MR) is 71.9 cm³/mol. The van der Waals surface area contributed by atoms with Crippen molar-refractivity contribution in [3.05, 3.63) is 0 Å². The molecule has 0 saturated heterocycles. The van der Waals surface area contributed by atoms with Crippen LogP contribution in [-0.4, -0.2) is 35.7 Å². The number of hydrogen-bond acceptors (Lipinski definition) is 2. The van der Waals surface area contributed by atoms with E-state index in [9.17, 15) is 13.2 Å². The Kier molecular flexibility index (Phi) is 5.68. The molecule has 0 spiro atoms. The molecular weight excluding hydrogens is 253 g/mol. The summed E-state index contributed by atoms with van der Waals surface area (Å²) in [4.78, 5) is 2.32. The van der Waals surface area contributed by atoms with E-state index in [4.69, 9.17) is 5.73 Å². The molecule has 0 radical (unpaired) electrons. The van der Waals surface area contributed by atoms with E-state index in [0.717, 1.165) is 13.0 Å². The van der Waals surface area contributed by atoms with Crippen LogP contribution >= 0.6 is 0 Å². The van der Waals surface area contributed by atoms with Crippen molar-refractivity contribution in [2.45, 2.75) is 70.6 Å². The van der Waals surface area contributed by atoms with Gasteiger partial charge in [-0.05, 0) is 45.6 Å². The lowest BCUT2D eigenvalue weighted by Gasteiger charge is -2.50. The lowest BCUT2D eigenvalue weighted by atomic mass is 9.74. The van der Waals surface area contributed by atoms with Gasteiger partial charge in [-0.3, -0.25) is 4.90 Å². The van der Waals surface area contributed by atoms with Crippen molar-refractivity contribution in [1.29, 1.82) is 0 Å². The first-order chi connectivity index (χ1) is 8.80. The van der Waals surface area contributed by atoms with Gasteiger partial charge in [-0.2, -0.15) is 13.2 Å². The third-order valence-corrected chi connectivity index (χ3v) is 4.83. The summed E-state index contributed by atoms with van der Waals surface area (Å²) in [6, 6.07) is 0.371.